The zero-order valence-corrected chi connectivity index (χ0v) is 19.2. The van der Waals surface area contributed by atoms with Crippen molar-refractivity contribution in [3.63, 3.8) is 0 Å². The standard InChI is InChI=1S/C26H35N3O3/c1-19(2)15-20-3-6-22(7-4-20)29-13-11-28(12-14-29)17-23(30)18-32-24-8-9-25-21(16-24)5-10-26(31)27-25/h3-4,6-9,16,19,23,30H,5,10-15,17-18H2,1-2H3,(H,27,31). The lowest BCUT2D eigenvalue weighted by Crippen LogP contribution is -2.49. The number of piperazine rings is 1. The van der Waals surface area contributed by atoms with Crippen LogP contribution in [0.3, 0.4) is 0 Å². The Balaban J connectivity index is 1.20. The first kappa shape index (κ1) is 22.6. The van der Waals surface area contributed by atoms with Gasteiger partial charge in [-0.2, -0.15) is 0 Å². The molecule has 2 aromatic rings. The molecule has 0 spiro atoms. The summed E-state index contributed by atoms with van der Waals surface area (Å²) in [6.07, 6.45) is 1.82. The van der Waals surface area contributed by atoms with Crippen LogP contribution in [0.5, 0.6) is 5.75 Å². The summed E-state index contributed by atoms with van der Waals surface area (Å²) in [4.78, 5) is 16.2. The second-order valence-corrected chi connectivity index (χ2v) is 9.38. The van der Waals surface area contributed by atoms with Crippen LogP contribution in [0.4, 0.5) is 11.4 Å². The number of nitrogens with one attached hydrogen (secondary N) is 1. The van der Waals surface area contributed by atoms with Gasteiger partial charge in [0.2, 0.25) is 5.91 Å². The summed E-state index contributed by atoms with van der Waals surface area (Å²) < 4.78 is 5.83. The number of aliphatic hydroxyl groups excluding tert-OH is 1. The minimum Gasteiger partial charge on any atom is -0.491 e. The molecule has 32 heavy (non-hydrogen) atoms. The van der Waals surface area contributed by atoms with E-state index in [0.29, 0.717) is 18.9 Å². The van der Waals surface area contributed by atoms with Crippen molar-refractivity contribution in [1.82, 2.24) is 4.90 Å². The molecule has 2 aromatic carbocycles. The first-order chi connectivity index (χ1) is 15.5. The van der Waals surface area contributed by atoms with E-state index in [-0.39, 0.29) is 12.5 Å². The normalized spacial score (nSPS) is 17.8. The number of amides is 1. The summed E-state index contributed by atoms with van der Waals surface area (Å²) in [5.41, 5.74) is 4.63. The number of hydrogen-bond donors (Lipinski definition) is 2. The van der Waals surface area contributed by atoms with Crippen molar-refractivity contribution in [2.24, 2.45) is 5.92 Å². The van der Waals surface area contributed by atoms with Crippen LogP contribution in [-0.4, -0.2) is 61.3 Å². The zero-order chi connectivity index (χ0) is 22.5. The summed E-state index contributed by atoms with van der Waals surface area (Å²) in [6, 6.07) is 14.7. The molecular weight excluding hydrogens is 402 g/mol. The molecule has 1 fully saturated rings. The fourth-order valence-electron chi connectivity index (χ4n) is 4.50. The molecule has 172 valence electrons. The number of carbonyl (C=O) groups excluding carboxylic acids is 1. The number of benzene rings is 2. The number of aryl methyl sites for hydroxylation is 1. The van der Waals surface area contributed by atoms with Crippen LogP contribution < -0.4 is 15.0 Å². The maximum Gasteiger partial charge on any atom is 0.224 e. The summed E-state index contributed by atoms with van der Waals surface area (Å²) >= 11 is 0. The lowest BCUT2D eigenvalue weighted by atomic mass is 10.0. The fraction of sp³-hybridized carbons (Fsp3) is 0.500. The van der Waals surface area contributed by atoms with Crippen molar-refractivity contribution in [3.8, 4) is 5.75 Å². The molecule has 0 bridgehead atoms. The van der Waals surface area contributed by atoms with Crippen molar-refractivity contribution < 1.29 is 14.6 Å². The van der Waals surface area contributed by atoms with E-state index in [2.05, 4.69) is 53.2 Å². The highest BCUT2D eigenvalue weighted by molar-refractivity contribution is 5.94. The van der Waals surface area contributed by atoms with E-state index in [9.17, 15) is 9.90 Å². The Kier molecular flexibility index (Phi) is 7.33. The largest absolute Gasteiger partial charge is 0.491 e. The first-order valence-corrected chi connectivity index (χ1v) is 11.8. The van der Waals surface area contributed by atoms with Crippen molar-refractivity contribution >= 4 is 17.3 Å². The second kappa shape index (κ2) is 10.4. The van der Waals surface area contributed by atoms with Gasteiger partial charge >= 0.3 is 0 Å². The molecule has 0 saturated carbocycles. The van der Waals surface area contributed by atoms with Gasteiger partial charge in [-0.25, -0.2) is 0 Å². The highest BCUT2D eigenvalue weighted by atomic mass is 16.5. The molecule has 1 atom stereocenters. The third kappa shape index (κ3) is 6.02. The topological polar surface area (TPSA) is 65.0 Å². The van der Waals surface area contributed by atoms with Crippen LogP contribution in [0.1, 0.15) is 31.4 Å². The number of rotatable bonds is 8. The minimum absolute atomic E-state index is 0.0600. The number of aliphatic hydroxyl groups is 1. The maximum atomic E-state index is 11.5. The zero-order valence-electron chi connectivity index (χ0n) is 19.2. The summed E-state index contributed by atoms with van der Waals surface area (Å²) in [6.45, 7) is 9.18. The predicted molar refractivity (Wildman–Crippen MR) is 129 cm³/mol. The van der Waals surface area contributed by atoms with Crippen molar-refractivity contribution in [2.45, 2.75) is 39.2 Å². The van der Waals surface area contributed by atoms with E-state index in [4.69, 9.17) is 4.74 Å². The number of ether oxygens (including phenoxy) is 1. The summed E-state index contributed by atoms with van der Waals surface area (Å²) in [5.74, 6) is 1.48. The molecule has 0 aliphatic carbocycles. The molecule has 2 aliphatic rings. The van der Waals surface area contributed by atoms with Gasteiger partial charge < -0.3 is 20.1 Å². The predicted octanol–water partition coefficient (Wildman–Crippen LogP) is 3.33. The van der Waals surface area contributed by atoms with Gasteiger partial charge in [0.15, 0.2) is 0 Å². The minimum atomic E-state index is -0.535. The number of nitrogens with zero attached hydrogens (tertiary/aromatic N) is 2. The van der Waals surface area contributed by atoms with E-state index < -0.39 is 6.10 Å². The van der Waals surface area contributed by atoms with E-state index in [0.717, 1.165) is 56.0 Å². The highest BCUT2D eigenvalue weighted by Crippen LogP contribution is 2.27. The molecule has 1 unspecified atom stereocenters. The van der Waals surface area contributed by atoms with Gasteiger partial charge in [-0.05, 0) is 60.2 Å². The van der Waals surface area contributed by atoms with E-state index in [1.807, 2.05) is 18.2 Å². The van der Waals surface area contributed by atoms with Crippen molar-refractivity contribution in [3.05, 3.63) is 53.6 Å². The van der Waals surface area contributed by atoms with E-state index >= 15 is 0 Å². The van der Waals surface area contributed by atoms with Gasteiger partial charge in [0.05, 0.1) is 0 Å². The van der Waals surface area contributed by atoms with Crippen molar-refractivity contribution in [2.75, 3.05) is 49.5 Å². The van der Waals surface area contributed by atoms with Gasteiger partial charge in [-0.15, -0.1) is 0 Å². The van der Waals surface area contributed by atoms with Crippen LogP contribution in [-0.2, 0) is 17.6 Å². The number of carbonyl (C=O) groups is 1. The Morgan fingerprint density at radius 3 is 2.50 bits per heavy atom. The van der Waals surface area contributed by atoms with Gasteiger partial charge in [0.25, 0.3) is 0 Å². The lowest BCUT2D eigenvalue weighted by Gasteiger charge is -2.37. The average Bonchev–Trinajstić information content (AvgIpc) is 2.78. The molecule has 6 nitrogen and oxygen atoms in total. The number of fused-ring (bicyclic) bond motifs is 1. The van der Waals surface area contributed by atoms with Crippen LogP contribution in [0.2, 0.25) is 0 Å². The number of β-amino-alcohol motifs (C(OH)–C–C–N with tert-alkyl or cyclic N) is 1. The fourth-order valence-corrected chi connectivity index (χ4v) is 4.50. The van der Waals surface area contributed by atoms with Crippen LogP contribution in [0.25, 0.3) is 0 Å². The van der Waals surface area contributed by atoms with Crippen LogP contribution >= 0.6 is 0 Å². The monoisotopic (exact) mass is 437 g/mol. The number of hydrogen-bond acceptors (Lipinski definition) is 5. The highest BCUT2D eigenvalue weighted by Gasteiger charge is 2.20. The Morgan fingerprint density at radius 2 is 1.78 bits per heavy atom. The second-order valence-electron chi connectivity index (χ2n) is 9.38. The van der Waals surface area contributed by atoms with E-state index in [1.165, 1.54) is 11.3 Å². The maximum absolute atomic E-state index is 11.5. The molecule has 0 aromatic heterocycles. The van der Waals surface area contributed by atoms with Crippen LogP contribution in [0, 0.1) is 5.92 Å². The quantitative estimate of drug-likeness (QED) is 0.663. The van der Waals surface area contributed by atoms with Gasteiger partial charge in [-0.1, -0.05) is 26.0 Å². The van der Waals surface area contributed by atoms with E-state index in [1.54, 1.807) is 0 Å². The Bertz CT molecular complexity index is 905. The number of anilines is 2. The third-order valence-corrected chi connectivity index (χ3v) is 6.20. The smallest absolute Gasteiger partial charge is 0.224 e. The lowest BCUT2D eigenvalue weighted by molar-refractivity contribution is -0.116. The summed E-state index contributed by atoms with van der Waals surface area (Å²) in [7, 11) is 0. The third-order valence-electron chi connectivity index (χ3n) is 6.20. The average molecular weight is 438 g/mol. The van der Waals surface area contributed by atoms with Gasteiger partial charge in [-0.3, -0.25) is 9.69 Å². The molecule has 2 N–H and O–H groups in total. The molecule has 2 aliphatic heterocycles. The molecule has 6 heteroatoms. The molecule has 1 saturated heterocycles. The SMILES string of the molecule is CC(C)Cc1ccc(N2CCN(CC(O)COc3ccc4c(c3)CCC(=O)N4)CC2)cc1. The molecule has 0 radical (unpaired) electrons. The van der Waals surface area contributed by atoms with Crippen molar-refractivity contribution in [1.29, 1.82) is 0 Å². The Hall–Kier alpha value is -2.57. The Labute approximate surface area is 191 Å². The molecule has 2 heterocycles. The molecule has 4 rings (SSSR count). The summed E-state index contributed by atoms with van der Waals surface area (Å²) in [5, 5.41) is 13.4. The molecular formula is C26H35N3O3. The first-order valence-electron chi connectivity index (χ1n) is 11.8. The van der Waals surface area contributed by atoms with Gasteiger partial charge in [0, 0.05) is 50.5 Å². The molecule has 1 amide bonds. The van der Waals surface area contributed by atoms with Gasteiger partial charge in [0.1, 0.15) is 18.5 Å². The van der Waals surface area contributed by atoms with Crippen LogP contribution in [0.15, 0.2) is 42.5 Å². The Morgan fingerprint density at radius 1 is 1.03 bits per heavy atom.